The highest BCUT2D eigenvalue weighted by atomic mass is 35.5. The van der Waals surface area contributed by atoms with Gasteiger partial charge in [0.15, 0.2) is 0 Å². The van der Waals surface area contributed by atoms with Gasteiger partial charge in [0, 0.05) is 11.6 Å². The number of carbonyl (C=O) groups excluding carboxylic acids is 1. The lowest BCUT2D eigenvalue weighted by molar-refractivity contribution is -0.0757. The second-order valence-corrected chi connectivity index (χ2v) is 2.50. The topological polar surface area (TPSA) is 35.5 Å². The average molecular weight is 179 g/mol. The minimum absolute atomic E-state index is 0.366. The van der Waals surface area contributed by atoms with E-state index in [-0.39, 0.29) is 0 Å². The maximum absolute atomic E-state index is 10.1. The number of carbonyl (C=O) groups is 1. The molecule has 1 atom stereocenters. The normalized spacial score (nSPS) is 12.3. The van der Waals surface area contributed by atoms with Gasteiger partial charge in [0.05, 0.1) is 6.61 Å². The van der Waals surface area contributed by atoms with E-state index in [0.29, 0.717) is 6.61 Å². The van der Waals surface area contributed by atoms with Gasteiger partial charge in [-0.25, -0.2) is 4.79 Å². The van der Waals surface area contributed by atoms with Crippen LogP contribution in [0.1, 0.15) is 13.8 Å². The van der Waals surface area contributed by atoms with E-state index in [9.17, 15) is 4.79 Å². The first-order valence-corrected chi connectivity index (χ1v) is 3.52. The monoisotopic (exact) mass is 178 g/mol. The van der Waals surface area contributed by atoms with E-state index in [1.807, 2.05) is 6.92 Å². The summed E-state index contributed by atoms with van der Waals surface area (Å²) in [4.78, 5) is 10.1. The molecule has 0 heterocycles. The van der Waals surface area contributed by atoms with Crippen LogP contribution in [-0.2, 0) is 9.47 Å². The standard InChI is InChI=1S/C7H11ClO3/c1-5(2)4-10-6(3)11-7(8)9/h6H,1,4H2,2-3H3. The van der Waals surface area contributed by atoms with E-state index < -0.39 is 11.7 Å². The number of ether oxygens (including phenoxy) is 2. The summed E-state index contributed by atoms with van der Waals surface area (Å²) in [6.45, 7) is 7.38. The van der Waals surface area contributed by atoms with Gasteiger partial charge < -0.3 is 9.47 Å². The van der Waals surface area contributed by atoms with Crippen molar-refractivity contribution in [3.8, 4) is 0 Å². The van der Waals surface area contributed by atoms with Crippen molar-refractivity contribution in [3.05, 3.63) is 12.2 Å². The lowest BCUT2D eigenvalue weighted by atomic mass is 10.4. The number of halogens is 1. The Kier molecular flexibility index (Phi) is 4.90. The third kappa shape index (κ3) is 7.36. The summed E-state index contributed by atoms with van der Waals surface area (Å²) < 4.78 is 9.45. The smallest absolute Gasteiger partial charge is 0.406 e. The summed E-state index contributed by atoms with van der Waals surface area (Å²) in [7, 11) is 0. The van der Waals surface area contributed by atoms with Crippen LogP contribution in [0.5, 0.6) is 0 Å². The van der Waals surface area contributed by atoms with Crippen LogP contribution in [0, 0.1) is 0 Å². The maximum Gasteiger partial charge on any atom is 0.406 e. The van der Waals surface area contributed by atoms with Crippen molar-refractivity contribution in [2.75, 3.05) is 6.61 Å². The molecule has 0 rings (SSSR count). The lowest BCUT2D eigenvalue weighted by Gasteiger charge is -2.11. The Bertz CT molecular complexity index is 156. The van der Waals surface area contributed by atoms with Gasteiger partial charge in [-0.15, -0.1) is 0 Å². The fraction of sp³-hybridized carbons (Fsp3) is 0.571. The number of hydrogen-bond acceptors (Lipinski definition) is 3. The molecule has 4 heteroatoms. The molecule has 0 N–H and O–H groups in total. The van der Waals surface area contributed by atoms with Gasteiger partial charge in [-0.1, -0.05) is 12.2 Å². The second kappa shape index (κ2) is 5.16. The summed E-state index contributed by atoms with van der Waals surface area (Å²) in [6, 6.07) is 0. The van der Waals surface area contributed by atoms with Gasteiger partial charge in [-0.05, 0) is 13.8 Å². The lowest BCUT2D eigenvalue weighted by Crippen LogP contribution is -2.15. The van der Waals surface area contributed by atoms with Gasteiger partial charge in [0.2, 0.25) is 6.29 Å². The number of rotatable bonds is 4. The highest BCUT2D eigenvalue weighted by Crippen LogP contribution is 1.99. The fourth-order valence-corrected chi connectivity index (χ4v) is 0.550. The largest absolute Gasteiger partial charge is 0.424 e. The van der Waals surface area contributed by atoms with Crippen LogP contribution >= 0.6 is 11.6 Å². The van der Waals surface area contributed by atoms with E-state index in [2.05, 4.69) is 11.3 Å². The summed E-state index contributed by atoms with van der Waals surface area (Å²) in [6.07, 6.45) is -0.614. The highest BCUT2D eigenvalue weighted by molar-refractivity contribution is 6.61. The average Bonchev–Trinajstić information content (AvgIpc) is 1.82. The molecular formula is C7H11ClO3. The molecule has 1 unspecified atom stereocenters. The molecular weight excluding hydrogens is 168 g/mol. The van der Waals surface area contributed by atoms with Gasteiger partial charge in [-0.3, -0.25) is 0 Å². The third-order valence-corrected chi connectivity index (χ3v) is 0.912. The zero-order valence-electron chi connectivity index (χ0n) is 6.59. The summed E-state index contributed by atoms with van der Waals surface area (Å²) >= 11 is 4.92. The highest BCUT2D eigenvalue weighted by Gasteiger charge is 2.05. The molecule has 0 radical (unpaired) electrons. The molecule has 0 amide bonds. The molecule has 0 spiro atoms. The first-order valence-electron chi connectivity index (χ1n) is 3.14. The maximum atomic E-state index is 10.1. The van der Waals surface area contributed by atoms with Crippen molar-refractivity contribution in [2.45, 2.75) is 20.1 Å². The quantitative estimate of drug-likeness (QED) is 0.377. The molecule has 0 fully saturated rings. The predicted octanol–water partition coefficient (Wildman–Crippen LogP) is 2.30. The third-order valence-electron chi connectivity index (χ3n) is 0.823. The minimum atomic E-state index is -0.862. The zero-order valence-corrected chi connectivity index (χ0v) is 7.35. The minimum Gasteiger partial charge on any atom is -0.424 e. The Morgan fingerprint density at radius 2 is 2.27 bits per heavy atom. The van der Waals surface area contributed by atoms with Crippen molar-refractivity contribution in [3.63, 3.8) is 0 Å². The van der Waals surface area contributed by atoms with Crippen molar-refractivity contribution >= 4 is 17.0 Å². The Morgan fingerprint density at radius 3 is 2.64 bits per heavy atom. The van der Waals surface area contributed by atoms with Crippen molar-refractivity contribution < 1.29 is 14.3 Å². The van der Waals surface area contributed by atoms with Crippen LogP contribution in [-0.4, -0.2) is 18.3 Å². The van der Waals surface area contributed by atoms with Crippen molar-refractivity contribution in [2.24, 2.45) is 0 Å². The molecule has 0 bridgehead atoms. The van der Waals surface area contributed by atoms with E-state index in [4.69, 9.17) is 16.3 Å². The van der Waals surface area contributed by atoms with Crippen molar-refractivity contribution in [1.82, 2.24) is 0 Å². The van der Waals surface area contributed by atoms with Gasteiger partial charge in [0.1, 0.15) is 0 Å². The van der Waals surface area contributed by atoms with Crippen LogP contribution in [0.3, 0.4) is 0 Å². The molecule has 11 heavy (non-hydrogen) atoms. The molecule has 0 aliphatic heterocycles. The Morgan fingerprint density at radius 1 is 1.73 bits per heavy atom. The molecule has 0 saturated carbocycles. The van der Waals surface area contributed by atoms with Gasteiger partial charge in [-0.2, -0.15) is 0 Å². The Hall–Kier alpha value is -0.540. The van der Waals surface area contributed by atoms with Crippen molar-refractivity contribution in [1.29, 1.82) is 0 Å². The molecule has 0 saturated heterocycles. The van der Waals surface area contributed by atoms with E-state index >= 15 is 0 Å². The molecule has 64 valence electrons. The fourth-order valence-electron chi connectivity index (χ4n) is 0.424. The van der Waals surface area contributed by atoms with Gasteiger partial charge in [0.25, 0.3) is 0 Å². The van der Waals surface area contributed by atoms with Crippen LogP contribution in [0.15, 0.2) is 12.2 Å². The predicted molar refractivity (Wildman–Crippen MR) is 42.6 cm³/mol. The SMILES string of the molecule is C=C(C)COC(C)OC(=O)Cl. The summed E-state index contributed by atoms with van der Waals surface area (Å²) in [5, 5.41) is 0. The Labute approximate surface area is 70.9 Å². The van der Waals surface area contributed by atoms with E-state index in [1.165, 1.54) is 0 Å². The molecule has 0 aromatic carbocycles. The molecule has 0 aromatic rings. The summed E-state index contributed by atoms with van der Waals surface area (Å²) in [5.41, 5.74) is 0.00156. The number of hydrogen-bond donors (Lipinski definition) is 0. The van der Waals surface area contributed by atoms with Crippen LogP contribution in [0.25, 0.3) is 0 Å². The first-order chi connectivity index (χ1) is 5.02. The van der Waals surface area contributed by atoms with E-state index in [1.54, 1.807) is 6.92 Å². The zero-order chi connectivity index (χ0) is 8.85. The van der Waals surface area contributed by atoms with Crippen LogP contribution < -0.4 is 0 Å². The summed E-state index contributed by atoms with van der Waals surface area (Å²) in [5.74, 6) is 0. The Balaban J connectivity index is 3.44. The molecule has 0 aliphatic carbocycles. The molecule has 0 aliphatic rings. The molecule has 0 aromatic heterocycles. The van der Waals surface area contributed by atoms with Crippen LogP contribution in [0.4, 0.5) is 4.79 Å². The van der Waals surface area contributed by atoms with Gasteiger partial charge >= 0.3 is 5.43 Å². The molecule has 3 nitrogen and oxygen atoms in total. The van der Waals surface area contributed by atoms with E-state index in [0.717, 1.165) is 5.57 Å². The van der Waals surface area contributed by atoms with Crippen LogP contribution in [0.2, 0.25) is 0 Å². The first kappa shape index (κ1) is 10.5. The second-order valence-electron chi connectivity index (χ2n) is 2.19.